The van der Waals surface area contributed by atoms with Crippen LogP contribution in [-0.2, 0) is 17.8 Å². The van der Waals surface area contributed by atoms with Crippen LogP contribution in [0.25, 0.3) is 0 Å². The number of fused-ring (bicyclic) bond motifs is 1. The number of hydrogen-bond acceptors (Lipinski definition) is 5. The summed E-state index contributed by atoms with van der Waals surface area (Å²) in [4.78, 5) is 12.3. The monoisotopic (exact) mass is 252 g/mol. The van der Waals surface area contributed by atoms with Gasteiger partial charge in [0.05, 0.1) is 17.6 Å². The van der Waals surface area contributed by atoms with Crippen LogP contribution >= 0.6 is 0 Å². The summed E-state index contributed by atoms with van der Waals surface area (Å²) in [6.45, 7) is 2.16. The van der Waals surface area contributed by atoms with Gasteiger partial charge in [-0.3, -0.25) is 15.0 Å². The standard InChI is InChI=1S/C12H16N2O4/c1-18-8-12(15)7-13-5-9-2-3-11(14(16)17)4-10(9)6-13/h2-4,12,15H,5-8H2,1H3. The zero-order chi connectivity index (χ0) is 13.1. The minimum Gasteiger partial charge on any atom is -0.389 e. The molecule has 0 fully saturated rings. The number of benzene rings is 1. The van der Waals surface area contributed by atoms with Crippen LogP contribution in [0.15, 0.2) is 18.2 Å². The van der Waals surface area contributed by atoms with Crippen molar-refractivity contribution in [1.29, 1.82) is 0 Å². The molecule has 1 atom stereocenters. The molecule has 0 amide bonds. The maximum absolute atomic E-state index is 10.7. The summed E-state index contributed by atoms with van der Waals surface area (Å²) in [5.41, 5.74) is 2.17. The van der Waals surface area contributed by atoms with Crippen molar-refractivity contribution in [3.05, 3.63) is 39.4 Å². The van der Waals surface area contributed by atoms with Crippen LogP contribution in [0.4, 0.5) is 5.69 Å². The molecule has 1 unspecified atom stereocenters. The van der Waals surface area contributed by atoms with E-state index in [-0.39, 0.29) is 10.6 Å². The molecule has 0 radical (unpaired) electrons. The maximum Gasteiger partial charge on any atom is 0.269 e. The number of methoxy groups -OCH3 is 1. The fourth-order valence-corrected chi connectivity index (χ4v) is 2.24. The van der Waals surface area contributed by atoms with Crippen LogP contribution in [0.3, 0.4) is 0 Å². The van der Waals surface area contributed by atoms with Gasteiger partial charge in [-0.1, -0.05) is 6.07 Å². The molecule has 0 aromatic heterocycles. The minimum absolute atomic E-state index is 0.119. The van der Waals surface area contributed by atoms with Gasteiger partial charge in [0.2, 0.25) is 0 Å². The molecule has 98 valence electrons. The van der Waals surface area contributed by atoms with Gasteiger partial charge in [-0.05, 0) is 11.1 Å². The molecule has 0 aliphatic carbocycles. The Balaban J connectivity index is 2.01. The summed E-state index contributed by atoms with van der Waals surface area (Å²) >= 11 is 0. The highest BCUT2D eigenvalue weighted by Gasteiger charge is 2.23. The average molecular weight is 252 g/mol. The lowest BCUT2D eigenvalue weighted by Gasteiger charge is -2.18. The second kappa shape index (κ2) is 5.43. The van der Waals surface area contributed by atoms with Gasteiger partial charge in [0.15, 0.2) is 0 Å². The molecule has 1 aromatic rings. The number of rotatable bonds is 5. The topological polar surface area (TPSA) is 75.8 Å². The van der Waals surface area contributed by atoms with Crippen LogP contribution in [0.2, 0.25) is 0 Å². The second-order valence-electron chi connectivity index (χ2n) is 4.49. The van der Waals surface area contributed by atoms with Gasteiger partial charge in [0, 0.05) is 38.9 Å². The van der Waals surface area contributed by atoms with E-state index >= 15 is 0 Å². The number of hydrogen-bond donors (Lipinski definition) is 1. The van der Waals surface area contributed by atoms with Crippen molar-refractivity contribution in [2.45, 2.75) is 19.2 Å². The molecule has 0 saturated carbocycles. The molecule has 1 aliphatic heterocycles. The van der Waals surface area contributed by atoms with Crippen LogP contribution in [0.1, 0.15) is 11.1 Å². The number of aliphatic hydroxyl groups is 1. The van der Waals surface area contributed by atoms with Crippen LogP contribution in [0, 0.1) is 10.1 Å². The second-order valence-corrected chi connectivity index (χ2v) is 4.49. The number of β-amino-alcohol motifs (C(OH)–C–C–N with tert-alkyl or cyclic N) is 1. The maximum atomic E-state index is 10.7. The summed E-state index contributed by atoms with van der Waals surface area (Å²) in [6, 6.07) is 4.92. The van der Waals surface area contributed by atoms with Gasteiger partial charge in [-0.2, -0.15) is 0 Å². The van der Waals surface area contributed by atoms with E-state index in [0.29, 0.717) is 26.2 Å². The van der Waals surface area contributed by atoms with Gasteiger partial charge < -0.3 is 9.84 Å². The van der Waals surface area contributed by atoms with E-state index < -0.39 is 6.10 Å². The van der Waals surface area contributed by atoms with Crippen molar-refractivity contribution in [2.24, 2.45) is 0 Å². The normalized spacial score (nSPS) is 16.6. The Kier molecular flexibility index (Phi) is 3.90. The number of ether oxygens (including phenoxy) is 1. The first-order valence-electron chi connectivity index (χ1n) is 5.75. The van der Waals surface area contributed by atoms with E-state index in [4.69, 9.17) is 4.74 Å². The Labute approximate surface area is 105 Å². The highest BCUT2D eigenvalue weighted by Crippen LogP contribution is 2.26. The summed E-state index contributed by atoms with van der Waals surface area (Å²) in [5, 5.41) is 20.3. The first-order valence-corrected chi connectivity index (χ1v) is 5.75. The van der Waals surface area contributed by atoms with E-state index in [0.717, 1.165) is 11.1 Å². The Hall–Kier alpha value is -1.50. The van der Waals surface area contributed by atoms with Crippen molar-refractivity contribution in [2.75, 3.05) is 20.3 Å². The molecule has 1 aromatic carbocycles. The van der Waals surface area contributed by atoms with Crippen molar-refractivity contribution in [3.63, 3.8) is 0 Å². The smallest absolute Gasteiger partial charge is 0.269 e. The predicted molar refractivity (Wildman–Crippen MR) is 65.1 cm³/mol. The summed E-state index contributed by atoms with van der Waals surface area (Å²) in [6.07, 6.45) is -0.528. The van der Waals surface area contributed by atoms with Gasteiger partial charge in [-0.25, -0.2) is 0 Å². The fourth-order valence-electron chi connectivity index (χ4n) is 2.24. The van der Waals surface area contributed by atoms with Crippen molar-refractivity contribution in [1.82, 2.24) is 4.90 Å². The Morgan fingerprint density at radius 1 is 1.50 bits per heavy atom. The summed E-state index contributed by atoms with van der Waals surface area (Å²) in [5.74, 6) is 0. The Morgan fingerprint density at radius 2 is 2.22 bits per heavy atom. The van der Waals surface area contributed by atoms with Crippen LogP contribution in [-0.4, -0.2) is 41.3 Å². The Morgan fingerprint density at radius 3 is 2.89 bits per heavy atom. The van der Waals surface area contributed by atoms with Crippen molar-refractivity contribution >= 4 is 5.69 Å². The van der Waals surface area contributed by atoms with Crippen LogP contribution < -0.4 is 0 Å². The molecule has 1 heterocycles. The molecule has 1 N–H and O–H groups in total. The van der Waals surface area contributed by atoms with Crippen molar-refractivity contribution < 1.29 is 14.8 Å². The lowest BCUT2D eigenvalue weighted by Crippen LogP contribution is -2.31. The molecule has 1 aliphatic rings. The summed E-state index contributed by atoms with van der Waals surface area (Å²) < 4.78 is 4.88. The van der Waals surface area contributed by atoms with Gasteiger partial charge in [0.25, 0.3) is 5.69 Å². The average Bonchev–Trinajstić information content (AvgIpc) is 2.69. The SMILES string of the molecule is COCC(O)CN1Cc2ccc([N+](=O)[O-])cc2C1. The third kappa shape index (κ3) is 2.84. The van der Waals surface area contributed by atoms with E-state index in [2.05, 4.69) is 4.90 Å². The lowest BCUT2D eigenvalue weighted by atomic mass is 10.1. The largest absolute Gasteiger partial charge is 0.389 e. The Bertz CT molecular complexity index is 450. The number of non-ortho nitro benzene ring substituents is 1. The number of nitrogens with zero attached hydrogens (tertiary/aromatic N) is 2. The molecule has 6 heteroatoms. The molecule has 0 saturated heterocycles. The molecular formula is C12H16N2O4. The fraction of sp³-hybridized carbons (Fsp3) is 0.500. The zero-order valence-corrected chi connectivity index (χ0v) is 10.2. The first-order chi connectivity index (χ1) is 8.60. The lowest BCUT2D eigenvalue weighted by molar-refractivity contribution is -0.384. The minimum atomic E-state index is -0.528. The molecule has 18 heavy (non-hydrogen) atoms. The molecule has 0 spiro atoms. The first kappa shape index (κ1) is 12.9. The third-order valence-electron chi connectivity index (χ3n) is 3.02. The molecule has 2 rings (SSSR count). The molecular weight excluding hydrogens is 236 g/mol. The van der Waals surface area contributed by atoms with Crippen LogP contribution in [0.5, 0.6) is 0 Å². The highest BCUT2D eigenvalue weighted by atomic mass is 16.6. The van der Waals surface area contributed by atoms with Crippen molar-refractivity contribution in [3.8, 4) is 0 Å². The number of nitro benzene ring substituents is 1. The van der Waals surface area contributed by atoms with E-state index in [1.807, 2.05) is 0 Å². The van der Waals surface area contributed by atoms with Gasteiger partial charge in [0.1, 0.15) is 0 Å². The summed E-state index contributed by atoms with van der Waals surface area (Å²) in [7, 11) is 1.55. The van der Waals surface area contributed by atoms with E-state index in [9.17, 15) is 15.2 Å². The van der Waals surface area contributed by atoms with Gasteiger partial charge in [-0.15, -0.1) is 0 Å². The number of nitro groups is 1. The predicted octanol–water partition coefficient (Wildman–Crippen LogP) is 0.918. The highest BCUT2D eigenvalue weighted by molar-refractivity contribution is 5.41. The molecule has 6 nitrogen and oxygen atoms in total. The quantitative estimate of drug-likeness (QED) is 0.623. The van der Waals surface area contributed by atoms with E-state index in [1.165, 1.54) is 6.07 Å². The van der Waals surface area contributed by atoms with E-state index in [1.54, 1.807) is 19.2 Å². The molecule has 0 bridgehead atoms. The number of aliphatic hydroxyl groups excluding tert-OH is 1. The van der Waals surface area contributed by atoms with Gasteiger partial charge >= 0.3 is 0 Å². The zero-order valence-electron chi connectivity index (χ0n) is 10.2. The third-order valence-corrected chi connectivity index (χ3v) is 3.02.